The molecular formula is C31H28Cl4O2P2. The minimum absolute atomic E-state index is 0.186. The Morgan fingerprint density at radius 1 is 0.513 bits per heavy atom. The third-order valence-corrected chi connectivity index (χ3v) is 13.8. The number of rotatable bonds is 8. The molecule has 0 N–H and O–H groups in total. The van der Waals surface area contributed by atoms with Crippen LogP contribution in [0.3, 0.4) is 0 Å². The molecule has 39 heavy (non-hydrogen) atoms. The maximum atomic E-state index is 6.75. The number of ether oxygens (including phenoxy) is 2. The van der Waals surface area contributed by atoms with Crippen molar-refractivity contribution in [2.45, 2.75) is 31.8 Å². The summed E-state index contributed by atoms with van der Waals surface area (Å²) in [5, 5.41) is 7.23. The van der Waals surface area contributed by atoms with Crippen molar-refractivity contribution in [1.82, 2.24) is 0 Å². The van der Waals surface area contributed by atoms with Gasteiger partial charge in [0, 0.05) is 32.4 Å². The van der Waals surface area contributed by atoms with Crippen LogP contribution in [0.1, 0.15) is 13.8 Å². The van der Waals surface area contributed by atoms with Gasteiger partial charge in [-0.3, -0.25) is 0 Å². The SMILES string of the molecule is CC1(C)OC(CP(c2ccccc2Cl)c2ccccc2Cl)C(CP(c2ccccc2Cl)c2ccccc2Cl)O1. The van der Waals surface area contributed by atoms with Gasteiger partial charge in [-0.25, -0.2) is 0 Å². The van der Waals surface area contributed by atoms with E-state index in [4.69, 9.17) is 55.9 Å². The van der Waals surface area contributed by atoms with E-state index >= 15 is 0 Å². The van der Waals surface area contributed by atoms with E-state index in [1.54, 1.807) is 0 Å². The predicted octanol–water partition coefficient (Wildman–Crippen LogP) is 8.39. The molecule has 1 aliphatic rings. The summed E-state index contributed by atoms with van der Waals surface area (Å²) in [5.41, 5.74) is 0. The predicted molar refractivity (Wildman–Crippen MR) is 172 cm³/mol. The topological polar surface area (TPSA) is 18.5 Å². The summed E-state index contributed by atoms with van der Waals surface area (Å²) in [4.78, 5) is 0. The van der Waals surface area contributed by atoms with Crippen LogP contribution < -0.4 is 21.2 Å². The maximum absolute atomic E-state index is 6.75. The molecule has 1 saturated heterocycles. The second-order valence-corrected chi connectivity index (χ2v) is 15.7. The summed E-state index contributed by atoms with van der Waals surface area (Å²) in [7, 11) is -1.86. The lowest BCUT2D eigenvalue weighted by atomic mass is 10.3. The van der Waals surface area contributed by atoms with Gasteiger partial charge in [0.05, 0.1) is 12.2 Å². The van der Waals surface area contributed by atoms with Crippen LogP contribution in [-0.4, -0.2) is 30.3 Å². The first-order chi connectivity index (χ1) is 18.7. The average molecular weight is 636 g/mol. The van der Waals surface area contributed by atoms with Crippen LogP contribution in [0.15, 0.2) is 97.1 Å². The van der Waals surface area contributed by atoms with Crippen molar-refractivity contribution in [3.8, 4) is 0 Å². The van der Waals surface area contributed by atoms with Crippen molar-refractivity contribution in [2.75, 3.05) is 12.3 Å². The normalized spacial score (nSPS) is 18.7. The lowest BCUT2D eigenvalue weighted by molar-refractivity contribution is -0.142. The lowest BCUT2D eigenvalue weighted by Crippen LogP contribution is -2.34. The minimum Gasteiger partial charge on any atom is -0.344 e. The molecule has 202 valence electrons. The first-order valence-corrected chi connectivity index (χ1v) is 17.2. The Labute approximate surface area is 253 Å². The van der Waals surface area contributed by atoms with Gasteiger partial charge in [-0.15, -0.1) is 0 Å². The zero-order chi connectivity index (χ0) is 27.6. The average Bonchev–Trinajstić information content (AvgIpc) is 3.20. The molecule has 8 heteroatoms. The Kier molecular flexibility index (Phi) is 9.60. The molecule has 0 amide bonds. The van der Waals surface area contributed by atoms with Gasteiger partial charge in [0.2, 0.25) is 0 Å². The van der Waals surface area contributed by atoms with Crippen molar-refractivity contribution >= 4 is 83.5 Å². The van der Waals surface area contributed by atoms with Crippen LogP contribution in [0.5, 0.6) is 0 Å². The summed E-state index contributed by atoms with van der Waals surface area (Å²) in [6.45, 7) is 3.95. The van der Waals surface area contributed by atoms with Gasteiger partial charge in [-0.05, 0) is 75.2 Å². The molecule has 0 spiro atoms. The van der Waals surface area contributed by atoms with E-state index in [0.717, 1.165) is 41.3 Å². The van der Waals surface area contributed by atoms with Gasteiger partial charge >= 0.3 is 0 Å². The van der Waals surface area contributed by atoms with E-state index < -0.39 is 21.6 Å². The molecule has 1 heterocycles. The first kappa shape index (κ1) is 29.3. The maximum Gasteiger partial charge on any atom is 0.163 e. The van der Waals surface area contributed by atoms with E-state index in [2.05, 4.69) is 24.3 Å². The Hall–Kier alpha value is -1.18. The zero-order valence-electron chi connectivity index (χ0n) is 21.5. The number of halogens is 4. The molecule has 4 aromatic carbocycles. The fourth-order valence-electron chi connectivity index (χ4n) is 4.91. The third-order valence-electron chi connectivity index (χ3n) is 6.58. The number of hydrogen-bond donors (Lipinski definition) is 0. The Morgan fingerprint density at radius 2 is 0.769 bits per heavy atom. The summed E-state index contributed by atoms with van der Waals surface area (Å²) in [5.74, 6) is -0.737. The molecule has 2 unspecified atom stereocenters. The molecule has 0 saturated carbocycles. The van der Waals surface area contributed by atoms with Gasteiger partial charge in [0.25, 0.3) is 0 Å². The van der Waals surface area contributed by atoms with Crippen LogP contribution in [-0.2, 0) is 9.47 Å². The first-order valence-electron chi connectivity index (χ1n) is 12.6. The van der Waals surface area contributed by atoms with Gasteiger partial charge < -0.3 is 9.47 Å². The van der Waals surface area contributed by atoms with Gasteiger partial charge in [0.1, 0.15) is 0 Å². The third kappa shape index (κ3) is 6.83. The molecule has 0 aliphatic carbocycles. The smallest absolute Gasteiger partial charge is 0.163 e. The van der Waals surface area contributed by atoms with Gasteiger partial charge in [-0.1, -0.05) is 119 Å². The van der Waals surface area contributed by atoms with E-state index in [1.807, 2.05) is 86.6 Å². The van der Waals surface area contributed by atoms with Crippen LogP contribution in [0, 0.1) is 0 Å². The molecule has 4 aromatic rings. The van der Waals surface area contributed by atoms with Crippen LogP contribution in [0.2, 0.25) is 20.1 Å². The van der Waals surface area contributed by atoms with Crippen molar-refractivity contribution < 1.29 is 9.47 Å². The van der Waals surface area contributed by atoms with Crippen molar-refractivity contribution in [1.29, 1.82) is 0 Å². The zero-order valence-corrected chi connectivity index (χ0v) is 26.3. The molecule has 0 bridgehead atoms. The Balaban J connectivity index is 1.53. The number of benzene rings is 4. The van der Waals surface area contributed by atoms with Gasteiger partial charge in [0.15, 0.2) is 5.79 Å². The van der Waals surface area contributed by atoms with Crippen LogP contribution in [0.25, 0.3) is 0 Å². The minimum atomic E-state index is -0.931. The molecular weight excluding hydrogens is 608 g/mol. The Bertz CT molecular complexity index is 1250. The molecule has 0 radical (unpaired) electrons. The van der Waals surface area contributed by atoms with Gasteiger partial charge in [-0.2, -0.15) is 0 Å². The summed E-state index contributed by atoms with van der Waals surface area (Å²) >= 11 is 27.0. The quantitative estimate of drug-likeness (QED) is 0.181. The second kappa shape index (κ2) is 12.8. The fraction of sp³-hybridized carbons (Fsp3) is 0.226. The highest BCUT2D eigenvalue weighted by molar-refractivity contribution is 7.74. The van der Waals surface area contributed by atoms with E-state index in [9.17, 15) is 0 Å². The van der Waals surface area contributed by atoms with Crippen LogP contribution in [0.4, 0.5) is 0 Å². The standard InChI is InChI=1S/C31H28Cl4O2P2/c1-31(2)36-25(19-38(27-15-7-3-11-21(27)32)28-16-8-4-12-22(28)33)26(37-31)20-39(29-17-9-5-13-23(29)34)30-18-10-6-14-24(30)35/h3-18,25-26H,19-20H2,1-2H3. The van der Waals surface area contributed by atoms with Crippen molar-refractivity contribution in [3.05, 3.63) is 117 Å². The monoisotopic (exact) mass is 634 g/mol. The summed E-state index contributed by atoms with van der Waals surface area (Å²) in [6, 6.07) is 32.0. The highest BCUT2D eigenvalue weighted by Crippen LogP contribution is 2.47. The highest BCUT2D eigenvalue weighted by atomic mass is 35.5. The summed E-state index contributed by atoms with van der Waals surface area (Å²) < 4.78 is 13.2. The van der Waals surface area contributed by atoms with Crippen LogP contribution >= 0.6 is 62.2 Å². The molecule has 2 nitrogen and oxygen atoms in total. The Morgan fingerprint density at radius 3 is 1.03 bits per heavy atom. The molecule has 1 fully saturated rings. The second-order valence-electron chi connectivity index (χ2n) is 9.74. The molecule has 0 aromatic heterocycles. The van der Waals surface area contributed by atoms with E-state index in [0.29, 0.717) is 12.3 Å². The lowest BCUT2D eigenvalue weighted by Gasteiger charge is -2.28. The molecule has 1 aliphatic heterocycles. The molecule has 2 atom stereocenters. The van der Waals surface area contributed by atoms with E-state index in [1.165, 1.54) is 0 Å². The van der Waals surface area contributed by atoms with Crippen molar-refractivity contribution in [3.63, 3.8) is 0 Å². The number of hydrogen-bond acceptors (Lipinski definition) is 2. The highest BCUT2D eigenvalue weighted by Gasteiger charge is 2.44. The molecule has 5 rings (SSSR count). The van der Waals surface area contributed by atoms with Crippen molar-refractivity contribution in [2.24, 2.45) is 0 Å². The summed E-state index contributed by atoms with van der Waals surface area (Å²) in [6.07, 6.45) is 1.05. The fourth-order valence-corrected chi connectivity index (χ4v) is 11.7. The largest absolute Gasteiger partial charge is 0.344 e. The van der Waals surface area contributed by atoms with E-state index in [-0.39, 0.29) is 12.2 Å².